The molecule has 56 valence electrons. The SMILES string of the molecule is Cc1ccn2ncc(N)c2n1. The zero-order chi connectivity index (χ0) is 7.84. The Balaban J connectivity index is 2.87. The van der Waals surface area contributed by atoms with E-state index in [0.717, 1.165) is 11.3 Å². The van der Waals surface area contributed by atoms with Crippen molar-refractivity contribution in [2.24, 2.45) is 0 Å². The monoisotopic (exact) mass is 148 g/mol. The number of aryl methyl sites for hydroxylation is 1. The van der Waals surface area contributed by atoms with E-state index < -0.39 is 0 Å². The smallest absolute Gasteiger partial charge is 0.178 e. The number of nitrogen functional groups attached to an aromatic ring is 1. The van der Waals surface area contributed by atoms with Gasteiger partial charge in [0, 0.05) is 11.9 Å². The molecule has 2 rings (SSSR count). The summed E-state index contributed by atoms with van der Waals surface area (Å²) in [6.45, 7) is 1.92. The molecule has 0 bridgehead atoms. The number of rotatable bonds is 0. The van der Waals surface area contributed by atoms with Crippen molar-refractivity contribution in [1.29, 1.82) is 0 Å². The second-order valence-corrected chi connectivity index (χ2v) is 2.44. The first-order chi connectivity index (χ1) is 5.27. The predicted octanol–water partition coefficient (Wildman–Crippen LogP) is 0.620. The molecule has 2 aromatic heterocycles. The van der Waals surface area contributed by atoms with Crippen molar-refractivity contribution in [3.63, 3.8) is 0 Å². The molecular weight excluding hydrogens is 140 g/mol. The minimum Gasteiger partial charge on any atom is -0.394 e. The molecule has 11 heavy (non-hydrogen) atoms. The minimum atomic E-state index is 0.619. The van der Waals surface area contributed by atoms with Gasteiger partial charge in [0.15, 0.2) is 5.65 Å². The second-order valence-electron chi connectivity index (χ2n) is 2.44. The van der Waals surface area contributed by atoms with E-state index in [1.807, 2.05) is 19.2 Å². The Bertz CT molecular complexity index is 390. The maximum absolute atomic E-state index is 5.60. The second kappa shape index (κ2) is 1.95. The highest BCUT2D eigenvalue weighted by molar-refractivity contribution is 5.62. The van der Waals surface area contributed by atoms with Gasteiger partial charge in [-0.05, 0) is 13.0 Å². The lowest BCUT2D eigenvalue weighted by molar-refractivity contribution is 0.929. The number of nitrogens with zero attached hydrogens (tertiary/aromatic N) is 3. The van der Waals surface area contributed by atoms with Crippen LogP contribution in [0, 0.1) is 6.92 Å². The van der Waals surface area contributed by atoms with Crippen LogP contribution in [0.1, 0.15) is 5.69 Å². The maximum Gasteiger partial charge on any atom is 0.178 e. The van der Waals surface area contributed by atoms with E-state index in [1.165, 1.54) is 0 Å². The van der Waals surface area contributed by atoms with Crippen LogP contribution in [0.2, 0.25) is 0 Å². The molecule has 4 heteroatoms. The molecule has 0 saturated carbocycles. The molecule has 0 amide bonds. The molecule has 2 heterocycles. The van der Waals surface area contributed by atoms with Gasteiger partial charge in [0.25, 0.3) is 0 Å². The molecule has 0 spiro atoms. The summed E-state index contributed by atoms with van der Waals surface area (Å²) in [6, 6.07) is 1.89. The van der Waals surface area contributed by atoms with Crippen LogP contribution in [0.25, 0.3) is 5.65 Å². The van der Waals surface area contributed by atoms with Crippen LogP contribution in [0.15, 0.2) is 18.5 Å². The van der Waals surface area contributed by atoms with Gasteiger partial charge >= 0.3 is 0 Å². The first-order valence-electron chi connectivity index (χ1n) is 3.34. The van der Waals surface area contributed by atoms with Gasteiger partial charge in [-0.15, -0.1) is 0 Å². The fourth-order valence-electron chi connectivity index (χ4n) is 0.977. The van der Waals surface area contributed by atoms with Gasteiger partial charge in [-0.3, -0.25) is 0 Å². The quantitative estimate of drug-likeness (QED) is 0.595. The van der Waals surface area contributed by atoms with E-state index in [4.69, 9.17) is 5.73 Å². The van der Waals surface area contributed by atoms with Gasteiger partial charge in [0.05, 0.1) is 11.9 Å². The van der Waals surface area contributed by atoms with Gasteiger partial charge in [-0.1, -0.05) is 0 Å². The van der Waals surface area contributed by atoms with E-state index in [9.17, 15) is 0 Å². The summed E-state index contributed by atoms with van der Waals surface area (Å²) >= 11 is 0. The zero-order valence-electron chi connectivity index (χ0n) is 6.15. The van der Waals surface area contributed by atoms with Crippen molar-refractivity contribution in [3.8, 4) is 0 Å². The van der Waals surface area contributed by atoms with E-state index in [2.05, 4.69) is 10.1 Å². The van der Waals surface area contributed by atoms with Gasteiger partial charge < -0.3 is 5.73 Å². The molecule has 0 fully saturated rings. The summed E-state index contributed by atoms with van der Waals surface area (Å²) < 4.78 is 1.66. The highest BCUT2D eigenvalue weighted by atomic mass is 15.2. The fourth-order valence-corrected chi connectivity index (χ4v) is 0.977. The van der Waals surface area contributed by atoms with E-state index >= 15 is 0 Å². The van der Waals surface area contributed by atoms with Gasteiger partial charge in [0.2, 0.25) is 0 Å². The Hall–Kier alpha value is -1.58. The summed E-state index contributed by atoms with van der Waals surface area (Å²) in [5.41, 5.74) is 7.89. The number of anilines is 1. The molecule has 0 aliphatic heterocycles. The lowest BCUT2D eigenvalue weighted by Crippen LogP contribution is -1.92. The van der Waals surface area contributed by atoms with Crippen LogP contribution < -0.4 is 5.73 Å². The number of hydrogen-bond acceptors (Lipinski definition) is 3. The Morgan fingerprint density at radius 2 is 2.36 bits per heavy atom. The molecule has 0 unspecified atom stereocenters. The first kappa shape index (κ1) is 6.15. The van der Waals surface area contributed by atoms with Gasteiger partial charge in [-0.2, -0.15) is 5.10 Å². The average molecular weight is 148 g/mol. The minimum absolute atomic E-state index is 0.619. The molecule has 2 N–H and O–H groups in total. The van der Waals surface area contributed by atoms with Crippen molar-refractivity contribution >= 4 is 11.3 Å². The van der Waals surface area contributed by atoms with Crippen LogP contribution >= 0.6 is 0 Å². The summed E-state index contributed by atoms with van der Waals surface area (Å²) in [4.78, 5) is 4.21. The maximum atomic E-state index is 5.60. The average Bonchev–Trinajstić information content (AvgIpc) is 2.33. The lowest BCUT2D eigenvalue weighted by Gasteiger charge is -1.93. The molecule has 0 aromatic carbocycles. The van der Waals surface area contributed by atoms with Crippen molar-refractivity contribution in [2.75, 3.05) is 5.73 Å². The van der Waals surface area contributed by atoms with Crippen LogP contribution in [0.4, 0.5) is 5.69 Å². The third-order valence-electron chi connectivity index (χ3n) is 1.54. The zero-order valence-corrected chi connectivity index (χ0v) is 6.15. The van der Waals surface area contributed by atoms with Crippen LogP contribution in [-0.4, -0.2) is 14.6 Å². The molecular formula is C7H8N4. The summed E-state index contributed by atoms with van der Waals surface area (Å²) in [5, 5.41) is 3.99. The molecule has 0 atom stereocenters. The summed E-state index contributed by atoms with van der Waals surface area (Å²) in [7, 11) is 0. The molecule has 4 nitrogen and oxygen atoms in total. The van der Waals surface area contributed by atoms with Gasteiger partial charge in [0.1, 0.15) is 0 Å². The number of aromatic nitrogens is 3. The molecule has 0 aliphatic rings. The van der Waals surface area contributed by atoms with Crippen LogP contribution in [0.5, 0.6) is 0 Å². The third-order valence-corrected chi connectivity index (χ3v) is 1.54. The summed E-state index contributed by atoms with van der Waals surface area (Å²) in [6.07, 6.45) is 3.44. The Labute approximate surface area is 63.7 Å². The Kier molecular flexibility index (Phi) is 1.09. The third kappa shape index (κ3) is 0.832. The Morgan fingerprint density at radius 3 is 3.18 bits per heavy atom. The van der Waals surface area contributed by atoms with Crippen LogP contribution in [-0.2, 0) is 0 Å². The highest BCUT2D eigenvalue weighted by Crippen LogP contribution is 2.08. The number of hydrogen-bond donors (Lipinski definition) is 1. The molecule has 2 aromatic rings. The van der Waals surface area contributed by atoms with E-state index in [0.29, 0.717) is 5.69 Å². The topological polar surface area (TPSA) is 56.2 Å². The van der Waals surface area contributed by atoms with Crippen molar-refractivity contribution < 1.29 is 0 Å². The standard InChI is InChI=1S/C7H8N4/c1-5-2-3-11-7(10-5)6(8)4-9-11/h2-4H,8H2,1H3. The number of fused-ring (bicyclic) bond motifs is 1. The van der Waals surface area contributed by atoms with E-state index in [1.54, 1.807) is 10.7 Å². The normalized spacial score (nSPS) is 10.6. The Morgan fingerprint density at radius 1 is 1.55 bits per heavy atom. The molecule has 0 saturated heterocycles. The largest absolute Gasteiger partial charge is 0.394 e. The number of nitrogens with two attached hydrogens (primary N) is 1. The van der Waals surface area contributed by atoms with Crippen molar-refractivity contribution in [1.82, 2.24) is 14.6 Å². The first-order valence-corrected chi connectivity index (χ1v) is 3.34. The van der Waals surface area contributed by atoms with Crippen LogP contribution in [0.3, 0.4) is 0 Å². The van der Waals surface area contributed by atoms with Gasteiger partial charge in [-0.25, -0.2) is 9.50 Å². The summed E-state index contributed by atoms with van der Waals surface area (Å²) in [5.74, 6) is 0. The van der Waals surface area contributed by atoms with Crippen molar-refractivity contribution in [3.05, 3.63) is 24.2 Å². The lowest BCUT2D eigenvalue weighted by atomic mass is 10.4. The molecule has 0 radical (unpaired) electrons. The van der Waals surface area contributed by atoms with E-state index in [-0.39, 0.29) is 0 Å². The predicted molar refractivity (Wildman–Crippen MR) is 42.1 cm³/mol. The van der Waals surface area contributed by atoms with Crippen molar-refractivity contribution in [2.45, 2.75) is 6.92 Å². The molecule has 0 aliphatic carbocycles. The highest BCUT2D eigenvalue weighted by Gasteiger charge is 1.99. The fraction of sp³-hybridized carbons (Fsp3) is 0.143.